The third kappa shape index (κ3) is 5.68. The summed E-state index contributed by atoms with van der Waals surface area (Å²) in [4.78, 5) is 25.2. The standard InChI is InChI=1S/C28H31NO4S/c1-3-19-10-14-23(15-11-19)33-16-6-9-25(30)29-27-26(28(31)32-2)24(18-34-27)22-13-12-20-7-4-5-8-21(20)17-22/h10-15,17-18H,3-9,16H2,1-2H3,(H,29,30). The van der Waals surface area contributed by atoms with Gasteiger partial charge in [0, 0.05) is 17.4 Å². The highest BCUT2D eigenvalue weighted by Crippen LogP contribution is 2.37. The van der Waals surface area contributed by atoms with Gasteiger partial charge in [-0.2, -0.15) is 0 Å². The van der Waals surface area contributed by atoms with Crippen LogP contribution in [0.1, 0.15) is 59.7 Å². The summed E-state index contributed by atoms with van der Waals surface area (Å²) in [5.74, 6) is 0.218. The lowest BCUT2D eigenvalue weighted by Crippen LogP contribution is -2.15. The van der Waals surface area contributed by atoms with Crippen LogP contribution in [0.4, 0.5) is 5.00 Å². The fourth-order valence-corrected chi connectivity index (χ4v) is 5.27. The van der Waals surface area contributed by atoms with Crippen LogP contribution in [-0.4, -0.2) is 25.6 Å². The number of hydrogen-bond acceptors (Lipinski definition) is 5. The number of rotatable bonds is 9. The SMILES string of the molecule is CCc1ccc(OCCCC(=O)Nc2scc(-c3ccc4c(c3)CCCC4)c2C(=O)OC)cc1. The third-order valence-corrected chi connectivity index (χ3v) is 7.14. The minimum atomic E-state index is -0.442. The van der Waals surface area contributed by atoms with Gasteiger partial charge in [0.1, 0.15) is 16.3 Å². The molecule has 1 amide bonds. The highest BCUT2D eigenvalue weighted by Gasteiger charge is 2.23. The molecule has 0 saturated carbocycles. The van der Waals surface area contributed by atoms with E-state index in [1.54, 1.807) is 0 Å². The summed E-state index contributed by atoms with van der Waals surface area (Å²) in [5, 5.41) is 5.37. The predicted molar refractivity (Wildman–Crippen MR) is 137 cm³/mol. The lowest BCUT2D eigenvalue weighted by molar-refractivity contribution is -0.116. The molecule has 0 saturated heterocycles. The van der Waals surface area contributed by atoms with E-state index < -0.39 is 5.97 Å². The third-order valence-electron chi connectivity index (χ3n) is 6.24. The first-order valence-electron chi connectivity index (χ1n) is 11.9. The molecule has 0 fully saturated rings. The molecule has 178 valence electrons. The second kappa shape index (κ2) is 11.3. The number of amides is 1. The van der Waals surface area contributed by atoms with Gasteiger partial charge in [-0.05, 0) is 72.9 Å². The predicted octanol–water partition coefficient (Wildman–Crippen LogP) is 6.44. The average molecular weight is 478 g/mol. The van der Waals surface area contributed by atoms with Crippen LogP contribution in [0.2, 0.25) is 0 Å². The maximum atomic E-state index is 12.6. The fourth-order valence-electron chi connectivity index (χ4n) is 4.30. The van der Waals surface area contributed by atoms with Crippen LogP contribution in [0.15, 0.2) is 47.8 Å². The molecule has 1 aromatic heterocycles. The Labute approximate surface area is 205 Å². The van der Waals surface area contributed by atoms with Crippen molar-refractivity contribution in [2.75, 3.05) is 19.0 Å². The maximum absolute atomic E-state index is 12.6. The number of aryl methyl sites for hydroxylation is 3. The fraction of sp³-hybridized carbons (Fsp3) is 0.357. The lowest BCUT2D eigenvalue weighted by atomic mass is 9.89. The first-order valence-corrected chi connectivity index (χ1v) is 12.8. The minimum absolute atomic E-state index is 0.145. The summed E-state index contributed by atoms with van der Waals surface area (Å²) in [6, 6.07) is 14.4. The van der Waals surface area contributed by atoms with Crippen molar-refractivity contribution < 1.29 is 19.1 Å². The summed E-state index contributed by atoms with van der Waals surface area (Å²) in [5.41, 5.74) is 6.21. The van der Waals surface area contributed by atoms with Gasteiger partial charge in [0.2, 0.25) is 5.91 Å². The van der Waals surface area contributed by atoms with E-state index in [1.165, 1.54) is 48.0 Å². The van der Waals surface area contributed by atoms with E-state index in [4.69, 9.17) is 9.47 Å². The van der Waals surface area contributed by atoms with Crippen molar-refractivity contribution in [2.24, 2.45) is 0 Å². The number of benzene rings is 2. The molecule has 0 bridgehead atoms. The van der Waals surface area contributed by atoms with E-state index >= 15 is 0 Å². The summed E-state index contributed by atoms with van der Waals surface area (Å²) < 4.78 is 10.8. The number of carbonyl (C=O) groups is 2. The Hall–Kier alpha value is -3.12. The molecule has 1 heterocycles. The van der Waals surface area contributed by atoms with Crippen LogP contribution in [0.5, 0.6) is 5.75 Å². The molecule has 0 unspecified atom stereocenters. The molecular formula is C28H31NO4S. The molecule has 4 rings (SSSR count). The summed E-state index contributed by atoms with van der Waals surface area (Å²) >= 11 is 1.36. The maximum Gasteiger partial charge on any atom is 0.341 e. The van der Waals surface area contributed by atoms with E-state index in [-0.39, 0.29) is 5.91 Å². The smallest absolute Gasteiger partial charge is 0.341 e. The van der Waals surface area contributed by atoms with Crippen LogP contribution in [0.3, 0.4) is 0 Å². The van der Waals surface area contributed by atoms with Gasteiger partial charge in [0.15, 0.2) is 0 Å². The Morgan fingerprint density at radius 1 is 1.03 bits per heavy atom. The van der Waals surface area contributed by atoms with Crippen molar-refractivity contribution in [3.8, 4) is 16.9 Å². The minimum Gasteiger partial charge on any atom is -0.494 e. The Bertz CT molecular complexity index is 1150. The van der Waals surface area contributed by atoms with Crippen LogP contribution in [0, 0.1) is 0 Å². The molecule has 1 N–H and O–H groups in total. The van der Waals surface area contributed by atoms with Gasteiger partial charge in [-0.3, -0.25) is 4.79 Å². The van der Waals surface area contributed by atoms with Crippen molar-refractivity contribution in [2.45, 2.75) is 51.9 Å². The second-order valence-electron chi connectivity index (χ2n) is 8.53. The molecule has 5 nitrogen and oxygen atoms in total. The second-order valence-corrected chi connectivity index (χ2v) is 9.41. The first-order chi connectivity index (χ1) is 16.6. The van der Waals surface area contributed by atoms with Gasteiger partial charge in [0.05, 0.1) is 13.7 Å². The van der Waals surface area contributed by atoms with Gasteiger partial charge in [0.25, 0.3) is 0 Å². The van der Waals surface area contributed by atoms with Gasteiger partial charge < -0.3 is 14.8 Å². The van der Waals surface area contributed by atoms with Crippen molar-refractivity contribution in [1.82, 2.24) is 0 Å². The lowest BCUT2D eigenvalue weighted by Gasteiger charge is -2.16. The molecule has 3 aromatic rings. The van der Waals surface area contributed by atoms with E-state index in [0.717, 1.165) is 36.1 Å². The number of fused-ring (bicyclic) bond motifs is 1. The largest absolute Gasteiger partial charge is 0.494 e. The molecular weight excluding hydrogens is 446 g/mol. The molecule has 0 spiro atoms. The number of anilines is 1. The van der Waals surface area contributed by atoms with Gasteiger partial charge in [-0.15, -0.1) is 11.3 Å². The zero-order valence-corrected chi connectivity index (χ0v) is 20.6. The van der Waals surface area contributed by atoms with Crippen molar-refractivity contribution in [3.63, 3.8) is 0 Å². The molecule has 34 heavy (non-hydrogen) atoms. The number of hydrogen-bond donors (Lipinski definition) is 1. The zero-order valence-electron chi connectivity index (χ0n) is 19.8. The van der Waals surface area contributed by atoms with Crippen LogP contribution < -0.4 is 10.1 Å². The van der Waals surface area contributed by atoms with Gasteiger partial charge in [-0.1, -0.05) is 37.3 Å². The number of methoxy groups -OCH3 is 1. The summed E-state index contributed by atoms with van der Waals surface area (Å²) in [6.07, 6.45) is 6.47. The monoisotopic (exact) mass is 477 g/mol. The van der Waals surface area contributed by atoms with Gasteiger partial charge >= 0.3 is 5.97 Å². The number of thiophene rings is 1. The van der Waals surface area contributed by atoms with Crippen molar-refractivity contribution in [3.05, 3.63) is 70.1 Å². The number of esters is 1. The Balaban J connectivity index is 1.40. The van der Waals surface area contributed by atoms with E-state index in [2.05, 4.69) is 30.4 Å². The summed E-state index contributed by atoms with van der Waals surface area (Å²) in [7, 11) is 1.37. The highest BCUT2D eigenvalue weighted by atomic mass is 32.1. The molecule has 0 aliphatic heterocycles. The number of carbonyl (C=O) groups excluding carboxylic acids is 2. The molecule has 2 aromatic carbocycles. The zero-order chi connectivity index (χ0) is 23.9. The van der Waals surface area contributed by atoms with E-state index in [1.807, 2.05) is 29.6 Å². The van der Waals surface area contributed by atoms with E-state index in [9.17, 15) is 9.59 Å². The molecule has 0 radical (unpaired) electrons. The first kappa shape index (κ1) is 24.0. The Morgan fingerprint density at radius 3 is 2.53 bits per heavy atom. The van der Waals surface area contributed by atoms with Crippen LogP contribution in [0.25, 0.3) is 11.1 Å². The van der Waals surface area contributed by atoms with Crippen molar-refractivity contribution in [1.29, 1.82) is 0 Å². The molecule has 0 atom stereocenters. The normalized spacial score (nSPS) is 12.6. The Morgan fingerprint density at radius 2 is 1.79 bits per heavy atom. The molecule has 6 heteroatoms. The quantitative estimate of drug-likeness (QED) is 0.284. The topological polar surface area (TPSA) is 64.6 Å². The highest BCUT2D eigenvalue weighted by molar-refractivity contribution is 7.15. The Kier molecular flexibility index (Phi) is 8.01. The average Bonchev–Trinajstić information content (AvgIpc) is 3.29. The van der Waals surface area contributed by atoms with E-state index in [0.29, 0.717) is 30.0 Å². The molecule has 1 aliphatic carbocycles. The van der Waals surface area contributed by atoms with Crippen molar-refractivity contribution >= 4 is 28.2 Å². The number of nitrogens with one attached hydrogen (secondary N) is 1. The van der Waals surface area contributed by atoms with Gasteiger partial charge in [-0.25, -0.2) is 4.79 Å². The number of ether oxygens (including phenoxy) is 2. The summed E-state index contributed by atoms with van der Waals surface area (Å²) in [6.45, 7) is 2.57. The molecule has 1 aliphatic rings. The van der Waals surface area contributed by atoms with Crippen LogP contribution in [-0.2, 0) is 28.8 Å². The van der Waals surface area contributed by atoms with Crippen LogP contribution >= 0.6 is 11.3 Å².